The highest BCUT2D eigenvalue weighted by molar-refractivity contribution is 5.70. The summed E-state index contributed by atoms with van der Waals surface area (Å²) in [7, 11) is 0. The molecule has 0 aliphatic heterocycles. The van der Waals surface area contributed by atoms with E-state index in [9.17, 15) is 0 Å². The minimum absolute atomic E-state index is 1.31. The van der Waals surface area contributed by atoms with E-state index in [2.05, 4.69) is 65.0 Å². The summed E-state index contributed by atoms with van der Waals surface area (Å²) in [5.41, 5.74) is 6.71. The Morgan fingerprint density at radius 3 is 1.73 bits per heavy atom. The summed E-state index contributed by atoms with van der Waals surface area (Å²) < 4.78 is 0. The normalized spacial score (nSPS) is 11.4. The quantitative estimate of drug-likeness (QED) is 0.635. The second-order valence-electron chi connectivity index (χ2n) is 4.17. The molecular formula is C15H20. The van der Waals surface area contributed by atoms with Crippen molar-refractivity contribution in [2.75, 3.05) is 0 Å². The number of benzene rings is 1. The molecule has 0 bridgehead atoms. The Kier molecular flexibility index (Phi) is 3.90. The van der Waals surface area contributed by atoms with Gasteiger partial charge in [0.1, 0.15) is 0 Å². The summed E-state index contributed by atoms with van der Waals surface area (Å²) in [6.45, 7) is 10.7. The molecule has 0 unspecified atom stereocenters. The molecule has 0 saturated carbocycles. The van der Waals surface area contributed by atoms with Crippen LogP contribution in [-0.4, -0.2) is 0 Å². The van der Waals surface area contributed by atoms with Gasteiger partial charge in [0.15, 0.2) is 0 Å². The molecule has 0 radical (unpaired) electrons. The van der Waals surface area contributed by atoms with Crippen LogP contribution in [0.5, 0.6) is 0 Å². The lowest BCUT2D eigenvalue weighted by atomic mass is 9.99. The summed E-state index contributed by atoms with van der Waals surface area (Å²) in [6, 6.07) is 8.78. The van der Waals surface area contributed by atoms with E-state index in [1.165, 1.54) is 27.8 Å². The summed E-state index contributed by atoms with van der Waals surface area (Å²) >= 11 is 0. The van der Waals surface area contributed by atoms with Crippen LogP contribution in [0.15, 0.2) is 35.9 Å². The van der Waals surface area contributed by atoms with Gasteiger partial charge in [0.2, 0.25) is 0 Å². The third kappa shape index (κ3) is 2.82. The van der Waals surface area contributed by atoms with Crippen LogP contribution >= 0.6 is 0 Å². The molecule has 1 aromatic carbocycles. The standard InChI is InChI=1S/C15H20/c1-6-12(4)14-7-9-15(10-8-14)13(5)11(2)3/h6-10H,1-5H3/b12-6+. The van der Waals surface area contributed by atoms with E-state index in [-0.39, 0.29) is 0 Å². The fourth-order valence-corrected chi connectivity index (χ4v) is 1.44. The number of hydrogen-bond donors (Lipinski definition) is 0. The van der Waals surface area contributed by atoms with Gasteiger partial charge in [-0.2, -0.15) is 0 Å². The molecule has 1 aromatic rings. The van der Waals surface area contributed by atoms with Gasteiger partial charge < -0.3 is 0 Å². The fourth-order valence-electron chi connectivity index (χ4n) is 1.44. The molecule has 0 N–H and O–H groups in total. The fraction of sp³-hybridized carbons (Fsp3) is 0.333. The van der Waals surface area contributed by atoms with Gasteiger partial charge in [0, 0.05) is 0 Å². The van der Waals surface area contributed by atoms with E-state index in [0.717, 1.165) is 0 Å². The smallest absolute Gasteiger partial charge is 0.0228 e. The van der Waals surface area contributed by atoms with Gasteiger partial charge in [-0.25, -0.2) is 0 Å². The first-order chi connectivity index (χ1) is 7.06. The molecule has 0 spiro atoms. The number of rotatable bonds is 2. The van der Waals surface area contributed by atoms with Crippen molar-refractivity contribution in [1.29, 1.82) is 0 Å². The molecule has 0 fully saturated rings. The molecule has 0 heterocycles. The van der Waals surface area contributed by atoms with E-state index in [1.54, 1.807) is 0 Å². The highest BCUT2D eigenvalue weighted by atomic mass is 14.0. The molecular weight excluding hydrogens is 180 g/mol. The SMILES string of the molecule is C/C=C(\C)c1ccc(C(C)=C(C)C)cc1. The largest absolute Gasteiger partial charge is 0.0841 e. The maximum atomic E-state index is 2.20. The lowest BCUT2D eigenvalue weighted by Gasteiger charge is -2.06. The van der Waals surface area contributed by atoms with Crippen molar-refractivity contribution in [3.05, 3.63) is 47.0 Å². The lowest BCUT2D eigenvalue weighted by molar-refractivity contribution is 1.36. The third-order valence-electron chi connectivity index (χ3n) is 2.96. The predicted molar refractivity (Wildman–Crippen MR) is 69.7 cm³/mol. The van der Waals surface area contributed by atoms with E-state index < -0.39 is 0 Å². The van der Waals surface area contributed by atoms with Gasteiger partial charge in [-0.15, -0.1) is 0 Å². The van der Waals surface area contributed by atoms with Gasteiger partial charge in [0.25, 0.3) is 0 Å². The molecule has 1 rings (SSSR count). The maximum Gasteiger partial charge on any atom is -0.0228 e. The van der Waals surface area contributed by atoms with E-state index in [1.807, 2.05) is 0 Å². The zero-order chi connectivity index (χ0) is 11.4. The summed E-state index contributed by atoms with van der Waals surface area (Å²) in [4.78, 5) is 0. The molecule has 0 amide bonds. The minimum atomic E-state index is 1.31. The highest BCUT2D eigenvalue weighted by Crippen LogP contribution is 2.20. The monoisotopic (exact) mass is 200 g/mol. The van der Waals surface area contributed by atoms with Crippen LogP contribution in [0.3, 0.4) is 0 Å². The third-order valence-corrected chi connectivity index (χ3v) is 2.96. The molecule has 0 aromatic heterocycles. The van der Waals surface area contributed by atoms with Crippen LogP contribution in [-0.2, 0) is 0 Å². The van der Waals surface area contributed by atoms with Gasteiger partial charge in [-0.1, -0.05) is 35.9 Å². The van der Waals surface area contributed by atoms with Crippen molar-refractivity contribution in [3.63, 3.8) is 0 Å². The predicted octanol–water partition coefficient (Wildman–Crippen LogP) is 4.92. The topological polar surface area (TPSA) is 0 Å². The van der Waals surface area contributed by atoms with Crippen LogP contribution in [0.4, 0.5) is 0 Å². The molecule has 80 valence electrons. The Morgan fingerprint density at radius 2 is 1.33 bits per heavy atom. The Morgan fingerprint density at radius 1 is 0.867 bits per heavy atom. The van der Waals surface area contributed by atoms with Crippen molar-refractivity contribution in [2.24, 2.45) is 0 Å². The van der Waals surface area contributed by atoms with Crippen LogP contribution in [0.25, 0.3) is 11.1 Å². The van der Waals surface area contributed by atoms with Crippen molar-refractivity contribution in [1.82, 2.24) is 0 Å². The lowest BCUT2D eigenvalue weighted by Crippen LogP contribution is -1.84. The average Bonchev–Trinajstić information content (AvgIpc) is 2.27. The molecule has 0 aliphatic rings. The molecule has 0 nitrogen and oxygen atoms in total. The Bertz CT molecular complexity index is 385. The van der Waals surface area contributed by atoms with Gasteiger partial charge in [-0.3, -0.25) is 0 Å². The van der Waals surface area contributed by atoms with Gasteiger partial charge in [0.05, 0.1) is 0 Å². The molecule has 15 heavy (non-hydrogen) atoms. The second kappa shape index (κ2) is 4.97. The zero-order valence-electron chi connectivity index (χ0n) is 10.4. The Balaban J connectivity index is 3.06. The summed E-state index contributed by atoms with van der Waals surface area (Å²) in [6.07, 6.45) is 2.14. The van der Waals surface area contributed by atoms with Crippen LogP contribution < -0.4 is 0 Å². The zero-order valence-corrected chi connectivity index (χ0v) is 10.4. The van der Waals surface area contributed by atoms with Gasteiger partial charge in [-0.05, 0) is 56.9 Å². The number of hydrogen-bond acceptors (Lipinski definition) is 0. The van der Waals surface area contributed by atoms with Crippen LogP contribution in [0.1, 0.15) is 45.7 Å². The van der Waals surface area contributed by atoms with Crippen molar-refractivity contribution in [2.45, 2.75) is 34.6 Å². The Hall–Kier alpha value is -1.30. The highest BCUT2D eigenvalue weighted by Gasteiger charge is 1.98. The van der Waals surface area contributed by atoms with Crippen molar-refractivity contribution in [3.8, 4) is 0 Å². The minimum Gasteiger partial charge on any atom is -0.0841 e. The molecule has 0 saturated heterocycles. The first-order valence-electron chi connectivity index (χ1n) is 5.44. The number of allylic oxidation sites excluding steroid dienone is 4. The van der Waals surface area contributed by atoms with E-state index in [4.69, 9.17) is 0 Å². The van der Waals surface area contributed by atoms with Gasteiger partial charge >= 0.3 is 0 Å². The first-order valence-corrected chi connectivity index (χ1v) is 5.44. The Labute approximate surface area is 93.3 Å². The summed E-state index contributed by atoms with van der Waals surface area (Å²) in [5.74, 6) is 0. The van der Waals surface area contributed by atoms with Crippen LogP contribution in [0.2, 0.25) is 0 Å². The first kappa shape index (κ1) is 11.8. The van der Waals surface area contributed by atoms with E-state index in [0.29, 0.717) is 0 Å². The van der Waals surface area contributed by atoms with Crippen molar-refractivity contribution < 1.29 is 0 Å². The average molecular weight is 200 g/mol. The second-order valence-corrected chi connectivity index (χ2v) is 4.17. The summed E-state index contributed by atoms with van der Waals surface area (Å²) in [5, 5.41) is 0. The molecule has 0 heteroatoms. The molecule has 0 aliphatic carbocycles. The van der Waals surface area contributed by atoms with E-state index >= 15 is 0 Å². The van der Waals surface area contributed by atoms with Crippen molar-refractivity contribution >= 4 is 11.1 Å². The maximum absolute atomic E-state index is 2.20. The van der Waals surface area contributed by atoms with Crippen LogP contribution in [0, 0.1) is 0 Å². The molecule has 0 atom stereocenters.